The molecule has 0 spiro atoms. The summed E-state index contributed by atoms with van der Waals surface area (Å²) in [5, 5.41) is 78.0. The van der Waals surface area contributed by atoms with E-state index in [1.54, 1.807) is 30.3 Å². The normalized spacial score (nSPS) is 18.5. The summed E-state index contributed by atoms with van der Waals surface area (Å²) in [5.74, 6) is -14.2. The number of hydrogen-bond donors (Lipinski definition) is 9. The summed E-state index contributed by atoms with van der Waals surface area (Å²) >= 11 is 0. The number of aryl methyl sites for hydroxylation is 2. The molecule has 3 amide bonds. The van der Waals surface area contributed by atoms with E-state index >= 15 is 0 Å². The van der Waals surface area contributed by atoms with Gasteiger partial charge >= 0.3 is 23.6 Å². The number of Topliss-reactive ketones (excluding diaryl/α,β-unsaturated/α-hetero) is 1. The van der Waals surface area contributed by atoms with Crippen LogP contribution in [-0.2, 0) is 22.4 Å². The van der Waals surface area contributed by atoms with Crippen molar-refractivity contribution in [1.82, 2.24) is 15.5 Å². The zero-order valence-electron chi connectivity index (χ0n) is 29.6. The number of rotatable bonds is 16. The van der Waals surface area contributed by atoms with Crippen LogP contribution in [0.2, 0.25) is 0 Å². The molecule has 52 heavy (non-hydrogen) atoms. The van der Waals surface area contributed by atoms with Gasteiger partial charge in [0.2, 0.25) is 5.91 Å². The minimum atomic E-state index is -4.17. The zero-order valence-corrected chi connectivity index (χ0v) is 29.6. The monoisotopic (exact) mass is 723 g/mol. The predicted octanol–water partition coefficient (Wildman–Crippen LogP) is 0.986. The van der Waals surface area contributed by atoms with Crippen LogP contribution in [0.3, 0.4) is 0 Å². The maximum Gasteiger partial charge on any atom is 0.326 e. The fraction of sp³-hybridized carbons (Fsp3) is 0.447. The van der Waals surface area contributed by atoms with Crippen LogP contribution < -0.4 is 15.4 Å². The van der Waals surface area contributed by atoms with Gasteiger partial charge in [-0.1, -0.05) is 92.7 Å². The first-order valence-electron chi connectivity index (χ1n) is 17.1. The van der Waals surface area contributed by atoms with Crippen molar-refractivity contribution in [3.8, 4) is 5.75 Å². The number of carbonyl (C=O) groups is 3. The van der Waals surface area contributed by atoms with Gasteiger partial charge in [-0.15, -0.1) is 0 Å². The van der Waals surface area contributed by atoms with Crippen LogP contribution in [0.1, 0.15) is 48.9 Å². The molecule has 3 aromatic rings. The maximum atomic E-state index is 14.0. The number of carbonyl (C=O) groups excluding carboxylic acids is 3. The molecule has 0 radical (unpaired) electrons. The highest BCUT2D eigenvalue weighted by atomic mass is 16.7. The van der Waals surface area contributed by atoms with Gasteiger partial charge in [-0.3, -0.25) is 19.8 Å². The minimum Gasteiger partial charge on any atom is -0.485 e. The van der Waals surface area contributed by atoms with E-state index in [0.29, 0.717) is 12.2 Å². The van der Waals surface area contributed by atoms with Crippen LogP contribution in [0.5, 0.6) is 5.75 Å². The third-order valence-corrected chi connectivity index (χ3v) is 9.33. The van der Waals surface area contributed by atoms with Crippen molar-refractivity contribution in [1.29, 1.82) is 0 Å². The Morgan fingerprint density at radius 2 is 1.37 bits per heavy atom. The molecule has 1 aliphatic rings. The highest BCUT2D eigenvalue weighted by Gasteiger charge is 2.72. The van der Waals surface area contributed by atoms with Gasteiger partial charge in [-0.2, -0.15) is 0 Å². The van der Waals surface area contributed by atoms with Crippen molar-refractivity contribution in [2.75, 3.05) is 6.61 Å². The molecule has 4 rings (SSSR count). The second-order valence-corrected chi connectivity index (χ2v) is 13.9. The number of benzene rings is 3. The van der Waals surface area contributed by atoms with E-state index in [9.17, 15) is 50.1 Å². The SMILES string of the molecule is Cc1cccc(C)c1OCC(=O)CC(Cc1ccccc1)C(O)CC(Cc1ccccc1)NC(=O)C(C(C)C)N1C(=O)NC(O)(O)C(O)(O)C1(O)O. The van der Waals surface area contributed by atoms with Crippen molar-refractivity contribution in [3.63, 3.8) is 0 Å². The van der Waals surface area contributed by atoms with E-state index in [2.05, 4.69) is 5.32 Å². The number of nitrogens with zero attached hydrogens (tertiary/aromatic N) is 1. The summed E-state index contributed by atoms with van der Waals surface area (Å²) in [6, 6.07) is 19.7. The van der Waals surface area contributed by atoms with E-state index < -0.39 is 59.6 Å². The van der Waals surface area contributed by atoms with Gasteiger partial charge in [-0.25, -0.2) is 4.79 Å². The first-order valence-corrected chi connectivity index (χ1v) is 17.1. The summed E-state index contributed by atoms with van der Waals surface area (Å²) in [7, 11) is 0. The molecule has 0 saturated carbocycles. The fourth-order valence-electron chi connectivity index (χ4n) is 6.53. The average Bonchev–Trinajstić information content (AvgIpc) is 3.06. The topological polar surface area (TPSA) is 229 Å². The maximum absolute atomic E-state index is 14.0. The van der Waals surface area contributed by atoms with Gasteiger partial charge in [-0.05, 0) is 67.2 Å². The zero-order chi connectivity index (χ0) is 38.4. The lowest BCUT2D eigenvalue weighted by Crippen LogP contribution is -2.86. The van der Waals surface area contributed by atoms with Gasteiger partial charge in [0.25, 0.3) is 0 Å². The molecule has 0 aromatic heterocycles. The quantitative estimate of drug-likeness (QED) is 0.0947. The number of nitrogens with one attached hydrogen (secondary N) is 2. The van der Waals surface area contributed by atoms with Gasteiger partial charge < -0.3 is 45.8 Å². The van der Waals surface area contributed by atoms with Gasteiger partial charge in [0.1, 0.15) is 18.4 Å². The lowest BCUT2D eigenvalue weighted by Gasteiger charge is -2.53. The molecular formula is C38H49N3O11. The Bertz CT molecular complexity index is 1660. The number of ether oxygens (including phenoxy) is 1. The molecule has 4 atom stereocenters. The Morgan fingerprint density at radius 1 is 0.827 bits per heavy atom. The predicted molar refractivity (Wildman–Crippen MR) is 188 cm³/mol. The molecule has 14 nitrogen and oxygen atoms in total. The van der Waals surface area contributed by atoms with Gasteiger partial charge in [0.05, 0.1) is 6.10 Å². The number of aliphatic hydroxyl groups is 7. The number of aliphatic hydroxyl groups excluding tert-OH is 1. The molecule has 14 heteroatoms. The van der Waals surface area contributed by atoms with Gasteiger partial charge in [0.15, 0.2) is 5.78 Å². The smallest absolute Gasteiger partial charge is 0.326 e. The first kappa shape index (κ1) is 40.4. The third-order valence-electron chi connectivity index (χ3n) is 9.33. The Labute approximate surface area is 302 Å². The van der Waals surface area contributed by atoms with Crippen LogP contribution in [0.4, 0.5) is 4.79 Å². The molecule has 1 saturated heterocycles. The van der Waals surface area contributed by atoms with E-state index in [1.165, 1.54) is 19.2 Å². The molecule has 1 aliphatic heterocycles. The van der Waals surface area contributed by atoms with E-state index in [0.717, 1.165) is 22.3 Å². The van der Waals surface area contributed by atoms with Crippen LogP contribution in [0, 0.1) is 25.7 Å². The number of urea groups is 1. The van der Waals surface area contributed by atoms with Crippen LogP contribution >= 0.6 is 0 Å². The number of para-hydroxylation sites is 1. The van der Waals surface area contributed by atoms with Crippen molar-refractivity contribution in [3.05, 3.63) is 101 Å². The molecule has 0 bridgehead atoms. The molecule has 1 heterocycles. The Hall–Kier alpha value is -4.41. The first-order chi connectivity index (χ1) is 24.4. The average molecular weight is 724 g/mol. The lowest BCUT2D eigenvalue weighted by molar-refractivity contribution is -0.496. The lowest BCUT2D eigenvalue weighted by atomic mass is 9.85. The fourth-order valence-corrected chi connectivity index (χ4v) is 6.53. The van der Waals surface area contributed by atoms with E-state index in [1.807, 2.05) is 62.4 Å². The highest BCUT2D eigenvalue weighted by molar-refractivity contribution is 5.88. The van der Waals surface area contributed by atoms with Crippen LogP contribution in [0.25, 0.3) is 0 Å². The molecule has 1 fully saturated rings. The van der Waals surface area contributed by atoms with E-state index in [4.69, 9.17) is 4.74 Å². The number of hydrogen-bond acceptors (Lipinski definition) is 11. The molecule has 0 aliphatic carbocycles. The number of amides is 3. The molecule has 282 valence electrons. The molecule has 3 aromatic carbocycles. The van der Waals surface area contributed by atoms with Crippen LogP contribution in [-0.4, -0.2) is 101 Å². The van der Waals surface area contributed by atoms with Crippen molar-refractivity contribution < 1.29 is 54.9 Å². The summed E-state index contributed by atoms with van der Waals surface area (Å²) in [6.45, 7) is 6.45. The standard InChI is InChI=1S/C38H49N3O11/c1-23(2)32(41-35(45)40-37(48,49)36(46,47)38(41,50)51)34(44)39-29(19-27-16-9-6-10-17-27)21-31(43)28(18-26-14-7-5-8-15-26)20-30(42)22-52-33-24(3)12-11-13-25(33)4/h5-17,23,28-29,31-32,43,46-51H,18-22H2,1-4H3,(H,39,44)(H,40,45). The molecule has 4 unspecified atom stereocenters. The second kappa shape index (κ2) is 16.5. The summed E-state index contributed by atoms with van der Waals surface area (Å²) in [6.07, 6.45) is -0.791. The van der Waals surface area contributed by atoms with Crippen molar-refractivity contribution >= 4 is 17.7 Å². The Kier molecular flexibility index (Phi) is 12.8. The minimum absolute atomic E-state index is 0.0146. The number of ketones is 1. The second-order valence-electron chi connectivity index (χ2n) is 13.9. The molecular weight excluding hydrogens is 674 g/mol. The Morgan fingerprint density at radius 3 is 1.90 bits per heavy atom. The highest BCUT2D eigenvalue weighted by Crippen LogP contribution is 2.36. The summed E-state index contributed by atoms with van der Waals surface area (Å²) in [5.41, 5.74) is 3.40. The Balaban J connectivity index is 1.60. The van der Waals surface area contributed by atoms with Gasteiger partial charge in [0, 0.05) is 12.5 Å². The van der Waals surface area contributed by atoms with E-state index in [-0.39, 0.29) is 36.6 Å². The van der Waals surface area contributed by atoms with Crippen molar-refractivity contribution in [2.45, 2.75) is 89.2 Å². The summed E-state index contributed by atoms with van der Waals surface area (Å²) in [4.78, 5) is 40.3. The van der Waals surface area contributed by atoms with Crippen molar-refractivity contribution in [2.24, 2.45) is 11.8 Å². The van der Waals surface area contributed by atoms with Crippen LogP contribution in [0.15, 0.2) is 78.9 Å². The third kappa shape index (κ3) is 9.14. The molecule has 9 N–H and O–H groups in total. The summed E-state index contributed by atoms with van der Waals surface area (Å²) < 4.78 is 5.90. The largest absolute Gasteiger partial charge is 0.485 e.